The smallest absolute Gasteiger partial charge is 0.0595 e. The summed E-state index contributed by atoms with van der Waals surface area (Å²) in [7, 11) is 4.17. The molecule has 1 aromatic rings. The Kier molecular flexibility index (Phi) is 7.99. The molecule has 1 rings (SSSR count). The van der Waals surface area contributed by atoms with Crippen molar-refractivity contribution in [2.75, 3.05) is 40.3 Å². The predicted octanol–water partition coefficient (Wildman–Crippen LogP) is 3.51. The average molecular weight is 332 g/mol. The van der Waals surface area contributed by atoms with Crippen molar-refractivity contribution in [3.63, 3.8) is 0 Å². The van der Waals surface area contributed by atoms with Gasteiger partial charge in [-0.15, -0.1) is 0 Å². The molecule has 0 fully saturated rings. The number of hydrogen-bond acceptors (Lipinski definition) is 3. The Bertz CT molecular complexity index is 436. The number of nitrogens with two attached hydrogens (primary N) is 1. The minimum absolute atomic E-state index is 0.169. The van der Waals surface area contributed by atoms with Crippen molar-refractivity contribution < 1.29 is 0 Å². The third-order valence-electron chi connectivity index (χ3n) is 3.43. The highest BCUT2D eigenvalue weighted by Crippen LogP contribution is 2.28. The van der Waals surface area contributed by atoms with Crippen LogP contribution in [0, 0.1) is 5.92 Å². The van der Waals surface area contributed by atoms with Gasteiger partial charge in [0, 0.05) is 32.2 Å². The minimum Gasteiger partial charge on any atom is -0.329 e. The summed E-state index contributed by atoms with van der Waals surface area (Å²) in [6.07, 6.45) is 0. The molecule has 0 radical (unpaired) electrons. The fraction of sp³-hybridized carbons (Fsp3) is 0.625. The Morgan fingerprint density at radius 3 is 2.24 bits per heavy atom. The Balaban J connectivity index is 2.95. The number of hydrogen-bond donors (Lipinski definition) is 1. The summed E-state index contributed by atoms with van der Waals surface area (Å²) in [4.78, 5) is 4.62. The second-order valence-corrected chi connectivity index (χ2v) is 6.93. The van der Waals surface area contributed by atoms with E-state index in [1.54, 1.807) is 0 Å². The van der Waals surface area contributed by atoms with Crippen LogP contribution in [0.5, 0.6) is 0 Å². The van der Waals surface area contributed by atoms with Crippen LogP contribution in [0.2, 0.25) is 10.0 Å². The first-order valence-corrected chi connectivity index (χ1v) is 8.14. The molecule has 0 heterocycles. The van der Waals surface area contributed by atoms with Crippen LogP contribution in [0.1, 0.15) is 25.5 Å². The van der Waals surface area contributed by atoms with E-state index in [1.165, 1.54) is 0 Å². The predicted molar refractivity (Wildman–Crippen MR) is 93.2 cm³/mol. The molecule has 1 atom stereocenters. The second-order valence-electron chi connectivity index (χ2n) is 6.12. The van der Waals surface area contributed by atoms with E-state index in [9.17, 15) is 0 Å². The molecule has 0 aliphatic heterocycles. The van der Waals surface area contributed by atoms with Gasteiger partial charge in [-0.2, -0.15) is 0 Å². The topological polar surface area (TPSA) is 32.5 Å². The minimum atomic E-state index is 0.169. The first-order chi connectivity index (χ1) is 9.85. The highest BCUT2D eigenvalue weighted by atomic mass is 35.5. The highest BCUT2D eigenvalue weighted by Gasteiger charge is 2.20. The number of rotatable bonds is 8. The molecule has 3 nitrogen and oxygen atoms in total. The lowest BCUT2D eigenvalue weighted by Gasteiger charge is -2.33. The maximum Gasteiger partial charge on any atom is 0.0595 e. The second kappa shape index (κ2) is 8.96. The van der Waals surface area contributed by atoms with Gasteiger partial charge in [-0.05, 0) is 37.7 Å². The van der Waals surface area contributed by atoms with Gasteiger partial charge in [0.25, 0.3) is 0 Å². The number of halogens is 2. The van der Waals surface area contributed by atoms with Gasteiger partial charge < -0.3 is 10.6 Å². The normalized spacial score (nSPS) is 13.4. The van der Waals surface area contributed by atoms with Gasteiger partial charge in [-0.1, -0.05) is 43.1 Å². The largest absolute Gasteiger partial charge is 0.329 e. The fourth-order valence-corrected chi connectivity index (χ4v) is 2.69. The lowest BCUT2D eigenvalue weighted by molar-refractivity contribution is 0.163. The summed E-state index contributed by atoms with van der Waals surface area (Å²) in [5.41, 5.74) is 7.18. The molecular weight excluding hydrogens is 305 g/mol. The zero-order valence-corrected chi connectivity index (χ0v) is 15.0. The van der Waals surface area contributed by atoms with E-state index in [0.29, 0.717) is 22.5 Å². The van der Waals surface area contributed by atoms with E-state index in [1.807, 2.05) is 18.2 Å². The van der Waals surface area contributed by atoms with Gasteiger partial charge in [0.05, 0.1) is 10.0 Å². The molecule has 1 unspecified atom stereocenters. The standard InChI is InChI=1S/C16H27Cl2N3/c1-12(2)11-21(8-7-20(3)4)16(10-19)13-5-6-14(17)15(18)9-13/h5-6,9,12,16H,7-8,10-11,19H2,1-4H3. The highest BCUT2D eigenvalue weighted by molar-refractivity contribution is 6.42. The van der Waals surface area contributed by atoms with Crippen LogP contribution in [0.15, 0.2) is 18.2 Å². The first kappa shape index (κ1) is 18.7. The Labute approximate surface area is 139 Å². The zero-order chi connectivity index (χ0) is 16.0. The Morgan fingerprint density at radius 2 is 1.76 bits per heavy atom. The van der Waals surface area contributed by atoms with Crippen molar-refractivity contribution >= 4 is 23.2 Å². The molecule has 2 N–H and O–H groups in total. The van der Waals surface area contributed by atoms with Crippen molar-refractivity contribution in [1.29, 1.82) is 0 Å². The average Bonchev–Trinajstić information content (AvgIpc) is 2.40. The third-order valence-corrected chi connectivity index (χ3v) is 4.17. The number of nitrogens with zero attached hydrogens (tertiary/aromatic N) is 2. The van der Waals surface area contributed by atoms with Gasteiger partial charge in [0.15, 0.2) is 0 Å². The van der Waals surface area contributed by atoms with Crippen molar-refractivity contribution in [3.8, 4) is 0 Å². The molecule has 0 amide bonds. The van der Waals surface area contributed by atoms with E-state index in [2.05, 4.69) is 37.7 Å². The van der Waals surface area contributed by atoms with Gasteiger partial charge in [-0.3, -0.25) is 4.90 Å². The van der Waals surface area contributed by atoms with Crippen LogP contribution in [0.3, 0.4) is 0 Å². The summed E-state index contributed by atoms with van der Waals surface area (Å²) < 4.78 is 0. The molecule has 5 heteroatoms. The summed E-state index contributed by atoms with van der Waals surface area (Å²) >= 11 is 12.2. The van der Waals surface area contributed by atoms with E-state index >= 15 is 0 Å². The molecular formula is C16H27Cl2N3. The van der Waals surface area contributed by atoms with Crippen molar-refractivity contribution in [2.24, 2.45) is 11.7 Å². The van der Waals surface area contributed by atoms with Crippen LogP contribution in [-0.4, -0.2) is 50.1 Å². The summed E-state index contributed by atoms with van der Waals surface area (Å²) in [5, 5.41) is 1.17. The summed E-state index contributed by atoms with van der Waals surface area (Å²) in [6.45, 7) is 8.02. The SMILES string of the molecule is CC(C)CN(CCN(C)C)C(CN)c1ccc(Cl)c(Cl)c1. The summed E-state index contributed by atoms with van der Waals surface area (Å²) in [5.74, 6) is 0.587. The van der Waals surface area contributed by atoms with Gasteiger partial charge in [0.2, 0.25) is 0 Å². The monoisotopic (exact) mass is 331 g/mol. The molecule has 0 aliphatic rings. The van der Waals surface area contributed by atoms with Crippen molar-refractivity contribution in [1.82, 2.24) is 9.80 Å². The zero-order valence-electron chi connectivity index (χ0n) is 13.4. The molecule has 0 bridgehead atoms. The molecule has 1 aromatic carbocycles. The fourth-order valence-electron chi connectivity index (χ4n) is 2.39. The lowest BCUT2D eigenvalue weighted by Crippen LogP contribution is -2.40. The molecule has 21 heavy (non-hydrogen) atoms. The summed E-state index contributed by atoms with van der Waals surface area (Å²) in [6, 6.07) is 5.97. The lowest BCUT2D eigenvalue weighted by atomic mass is 10.0. The molecule has 0 spiro atoms. The molecule has 0 saturated heterocycles. The van der Waals surface area contributed by atoms with E-state index in [0.717, 1.165) is 25.2 Å². The van der Waals surface area contributed by atoms with Gasteiger partial charge in [-0.25, -0.2) is 0 Å². The van der Waals surface area contributed by atoms with Crippen LogP contribution in [0.4, 0.5) is 0 Å². The van der Waals surface area contributed by atoms with E-state index < -0.39 is 0 Å². The molecule has 0 aromatic heterocycles. The van der Waals surface area contributed by atoms with Crippen molar-refractivity contribution in [3.05, 3.63) is 33.8 Å². The molecule has 120 valence electrons. The molecule has 0 saturated carbocycles. The Morgan fingerprint density at radius 1 is 1.10 bits per heavy atom. The number of likely N-dealkylation sites (N-methyl/N-ethyl adjacent to an activating group) is 1. The Hall–Kier alpha value is -0.320. The van der Waals surface area contributed by atoms with Gasteiger partial charge >= 0.3 is 0 Å². The molecule has 0 aliphatic carbocycles. The van der Waals surface area contributed by atoms with Crippen LogP contribution < -0.4 is 5.73 Å². The first-order valence-electron chi connectivity index (χ1n) is 7.39. The van der Waals surface area contributed by atoms with Crippen LogP contribution in [0.25, 0.3) is 0 Å². The van der Waals surface area contributed by atoms with E-state index in [-0.39, 0.29) is 6.04 Å². The van der Waals surface area contributed by atoms with Crippen LogP contribution in [-0.2, 0) is 0 Å². The van der Waals surface area contributed by atoms with Crippen LogP contribution >= 0.6 is 23.2 Å². The van der Waals surface area contributed by atoms with Gasteiger partial charge in [0.1, 0.15) is 0 Å². The maximum atomic E-state index is 6.15. The number of benzene rings is 1. The van der Waals surface area contributed by atoms with Crippen molar-refractivity contribution in [2.45, 2.75) is 19.9 Å². The van der Waals surface area contributed by atoms with E-state index in [4.69, 9.17) is 28.9 Å². The quantitative estimate of drug-likeness (QED) is 0.791. The maximum absolute atomic E-state index is 6.15. The third kappa shape index (κ3) is 6.13.